The Balaban J connectivity index is 1.38. The van der Waals surface area contributed by atoms with Crippen molar-refractivity contribution in [2.75, 3.05) is 31.1 Å². The van der Waals surface area contributed by atoms with Gasteiger partial charge in [0.05, 0.1) is 6.54 Å². The van der Waals surface area contributed by atoms with Gasteiger partial charge in [-0.05, 0) is 50.1 Å². The Morgan fingerprint density at radius 1 is 1.22 bits per heavy atom. The van der Waals surface area contributed by atoms with E-state index >= 15 is 0 Å². The van der Waals surface area contributed by atoms with E-state index < -0.39 is 5.97 Å². The van der Waals surface area contributed by atoms with Crippen LogP contribution >= 0.6 is 11.6 Å². The van der Waals surface area contributed by atoms with Crippen molar-refractivity contribution in [3.05, 3.63) is 29.3 Å². The molecule has 7 nitrogen and oxygen atoms in total. The second kappa shape index (κ2) is 8.80. The lowest BCUT2D eigenvalue weighted by atomic mass is 9.85. The van der Waals surface area contributed by atoms with E-state index in [-0.39, 0.29) is 30.7 Å². The number of nitrogens with zero attached hydrogens (tertiary/aromatic N) is 2. The Morgan fingerprint density at radius 3 is 2.52 bits per heavy atom. The number of benzene rings is 1. The average molecular weight is 395 g/mol. The molecule has 27 heavy (non-hydrogen) atoms. The summed E-state index contributed by atoms with van der Waals surface area (Å²) >= 11 is 5.93. The molecule has 8 heteroatoms. The van der Waals surface area contributed by atoms with E-state index in [1.807, 2.05) is 36.1 Å². The van der Waals surface area contributed by atoms with E-state index in [0.717, 1.165) is 43.1 Å². The minimum Gasteiger partial charge on any atom is -0.480 e. The molecule has 1 aromatic carbocycles. The first kappa shape index (κ1) is 19.8. The van der Waals surface area contributed by atoms with Crippen LogP contribution in [0.25, 0.3) is 0 Å². The number of halogens is 1. The molecule has 1 heterocycles. The van der Waals surface area contributed by atoms with Crippen LogP contribution < -0.4 is 15.5 Å². The number of urea groups is 1. The maximum absolute atomic E-state index is 12.2. The third-order valence-electron chi connectivity index (χ3n) is 5.42. The molecule has 2 aliphatic rings. The molecule has 1 saturated carbocycles. The summed E-state index contributed by atoms with van der Waals surface area (Å²) in [5.41, 5.74) is 1.11. The lowest BCUT2D eigenvalue weighted by Crippen LogP contribution is -2.57. The van der Waals surface area contributed by atoms with Crippen LogP contribution in [0.5, 0.6) is 0 Å². The van der Waals surface area contributed by atoms with Crippen molar-refractivity contribution in [3.8, 4) is 0 Å². The molecule has 3 rings (SSSR count). The minimum atomic E-state index is -0.808. The largest absolute Gasteiger partial charge is 0.480 e. The van der Waals surface area contributed by atoms with Crippen molar-refractivity contribution >= 4 is 29.3 Å². The van der Waals surface area contributed by atoms with Crippen molar-refractivity contribution in [2.24, 2.45) is 0 Å². The number of carbonyl (C=O) groups excluding carboxylic acids is 1. The van der Waals surface area contributed by atoms with Crippen molar-refractivity contribution < 1.29 is 14.7 Å². The van der Waals surface area contributed by atoms with E-state index in [1.54, 1.807) is 0 Å². The van der Waals surface area contributed by atoms with Crippen LogP contribution in [-0.2, 0) is 4.79 Å². The lowest BCUT2D eigenvalue weighted by molar-refractivity contribution is -0.139. The molecule has 0 aromatic heterocycles. The Labute approximate surface area is 164 Å². The lowest BCUT2D eigenvalue weighted by Gasteiger charge is -2.42. The molecule has 1 aromatic rings. The number of likely N-dealkylation sites (N-methyl/N-ethyl adjacent to an activating group) is 1. The Hall–Kier alpha value is -1.99. The zero-order valence-electron chi connectivity index (χ0n) is 15.5. The van der Waals surface area contributed by atoms with Gasteiger partial charge in [-0.25, -0.2) is 4.79 Å². The summed E-state index contributed by atoms with van der Waals surface area (Å²) in [4.78, 5) is 27.3. The minimum absolute atomic E-state index is 0.0582. The molecule has 2 fully saturated rings. The zero-order valence-corrected chi connectivity index (χ0v) is 16.3. The van der Waals surface area contributed by atoms with Crippen LogP contribution in [0.15, 0.2) is 24.3 Å². The van der Waals surface area contributed by atoms with E-state index in [0.29, 0.717) is 6.54 Å². The molecule has 3 N–H and O–H groups in total. The highest BCUT2D eigenvalue weighted by Crippen LogP contribution is 2.26. The first-order chi connectivity index (χ1) is 12.9. The molecule has 1 unspecified atom stereocenters. The van der Waals surface area contributed by atoms with Crippen LogP contribution in [0.1, 0.15) is 26.2 Å². The average Bonchev–Trinajstić information content (AvgIpc) is 3.04. The van der Waals surface area contributed by atoms with Gasteiger partial charge in [-0.3, -0.25) is 9.69 Å². The normalized spacial score (nSPS) is 24.6. The van der Waals surface area contributed by atoms with Crippen molar-refractivity contribution in [2.45, 2.75) is 44.3 Å². The summed E-state index contributed by atoms with van der Waals surface area (Å²) in [6.07, 6.45) is 2.51. The summed E-state index contributed by atoms with van der Waals surface area (Å²) in [6, 6.07) is 8.09. The van der Waals surface area contributed by atoms with Gasteiger partial charge < -0.3 is 20.6 Å². The van der Waals surface area contributed by atoms with Gasteiger partial charge in [0.2, 0.25) is 0 Å². The smallest absolute Gasteiger partial charge is 0.317 e. The third-order valence-corrected chi connectivity index (χ3v) is 5.68. The maximum atomic E-state index is 12.2. The predicted molar refractivity (Wildman–Crippen MR) is 105 cm³/mol. The molecule has 0 spiro atoms. The molecule has 2 amide bonds. The Kier molecular flexibility index (Phi) is 6.44. The molecule has 1 aliphatic heterocycles. The van der Waals surface area contributed by atoms with Crippen LogP contribution in [0.3, 0.4) is 0 Å². The molecular weight excluding hydrogens is 368 g/mol. The summed E-state index contributed by atoms with van der Waals surface area (Å²) in [6.45, 7) is 4.41. The zero-order chi connectivity index (χ0) is 19.4. The van der Waals surface area contributed by atoms with Crippen LogP contribution in [-0.4, -0.2) is 66.3 Å². The summed E-state index contributed by atoms with van der Waals surface area (Å²) in [7, 11) is 0. The predicted octanol–water partition coefficient (Wildman–Crippen LogP) is 2.16. The number of anilines is 1. The second-order valence-electron chi connectivity index (χ2n) is 7.30. The van der Waals surface area contributed by atoms with Gasteiger partial charge in [-0.15, -0.1) is 0 Å². The fraction of sp³-hybridized carbons (Fsp3) is 0.579. The summed E-state index contributed by atoms with van der Waals surface area (Å²) < 4.78 is 0. The van der Waals surface area contributed by atoms with Gasteiger partial charge in [-0.2, -0.15) is 0 Å². The molecule has 1 saturated heterocycles. The van der Waals surface area contributed by atoms with E-state index in [4.69, 9.17) is 16.7 Å². The van der Waals surface area contributed by atoms with E-state index in [1.165, 1.54) is 0 Å². The van der Waals surface area contributed by atoms with Gasteiger partial charge in [-0.1, -0.05) is 18.5 Å². The molecule has 1 atom stereocenters. The number of carboxylic acids is 1. The van der Waals surface area contributed by atoms with Crippen LogP contribution in [0.4, 0.5) is 10.5 Å². The highest BCUT2D eigenvalue weighted by molar-refractivity contribution is 6.30. The molecule has 0 bridgehead atoms. The SMILES string of the molecule is CCN(CC(=O)O)C1CC(NC(=O)NC2CCN(c3ccc(Cl)cc3)C2)C1. The molecular formula is C19H27ClN4O3. The van der Waals surface area contributed by atoms with Crippen LogP contribution in [0.2, 0.25) is 5.02 Å². The molecule has 0 radical (unpaired) electrons. The van der Waals surface area contributed by atoms with Crippen LogP contribution in [0, 0.1) is 0 Å². The Bertz CT molecular complexity index is 663. The number of amides is 2. The van der Waals surface area contributed by atoms with Crippen molar-refractivity contribution in [1.82, 2.24) is 15.5 Å². The van der Waals surface area contributed by atoms with Gasteiger partial charge in [0, 0.05) is 41.9 Å². The number of hydrogen-bond acceptors (Lipinski definition) is 4. The highest BCUT2D eigenvalue weighted by atomic mass is 35.5. The third kappa shape index (κ3) is 5.26. The second-order valence-corrected chi connectivity index (χ2v) is 7.74. The first-order valence-electron chi connectivity index (χ1n) is 9.48. The van der Waals surface area contributed by atoms with Gasteiger partial charge in [0.1, 0.15) is 0 Å². The van der Waals surface area contributed by atoms with E-state index in [2.05, 4.69) is 15.5 Å². The number of carbonyl (C=O) groups is 2. The monoisotopic (exact) mass is 394 g/mol. The quantitative estimate of drug-likeness (QED) is 0.660. The standard InChI is InChI=1S/C19H27ClN4O3/c1-2-23(12-18(25)26)17-9-15(10-17)22-19(27)21-14-7-8-24(11-14)16-5-3-13(20)4-6-16/h3-6,14-15,17H,2,7-12H2,1H3,(H,25,26)(H2,21,22,27). The molecule has 1 aliphatic carbocycles. The summed E-state index contributed by atoms with van der Waals surface area (Å²) in [5, 5.41) is 15.7. The maximum Gasteiger partial charge on any atom is 0.317 e. The number of aliphatic carboxylic acids is 1. The fourth-order valence-corrected chi connectivity index (χ4v) is 3.98. The van der Waals surface area contributed by atoms with Gasteiger partial charge in [0.25, 0.3) is 0 Å². The summed E-state index contributed by atoms with van der Waals surface area (Å²) in [5.74, 6) is -0.808. The first-order valence-corrected chi connectivity index (χ1v) is 9.85. The fourth-order valence-electron chi connectivity index (χ4n) is 3.85. The topological polar surface area (TPSA) is 84.9 Å². The van der Waals surface area contributed by atoms with Gasteiger partial charge >= 0.3 is 12.0 Å². The van der Waals surface area contributed by atoms with E-state index in [9.17, 15) is 9.59 Å². The van der Waals surface area contributed by atoms with Crippen molar-refractivity contribution in [3.63, 3.8) is 0 Å². The number of rotatable bonds is 7. The number of nitrogens with one attached hydrogen (secondary N) is 2. The number of hydrogen-bond donors (Lipinski definition) is 3. The van der Waals surface area contributed by atoms with Gasteiger partial charge in [0.15, 0.2) is 0 Å². The highest BCUT2D eigenvalue weighted by Gasteiger charge is 2.35. The molecule has 148 valence electrons. The Morgan fingerprint density at radius 2 is 1.89 bits per heavy atom. The number of carboxylic acid groups (broad SMARTS) is 1. The van der Waals surface area contributed by atoms with Crippen molar-refractivity contribution in [1.29, 1.82) is 0 Å².